The minimum atomic E-state index is -1.01. The van der Waals surface area contributed by atoms with Gasteiger partial charge in [0.1, 0.15) is 11.1 Å². The number of hydrogen-bond donors (Lipinski definition) is 1. The maximum absolute atomic E-state index is 13.4. The van der Waals surface area contributed by atoms with Crippen LogP contribution in [0.1, 0.15) is 65.7 Å². The number of carbonyl (C=O) groups excluding carboxylic acids is 3. The Bertz CT molecular complexity index is 647. The molecule has 0 radical (unpaired) electrons. The summed E-state index contributed by atoms with van der Waals surface area (Å²) in [5, 5.41) is 3.03. The van der Waals surface area contributed by atoms with Gasteiger partial charge in [-0.25, -0.2) is 4.79 Å². The number of amides is 3. The molecule has 1 aliphatic carbocycles. The zero-order valence-corrected chi connectivity index (χ0v) is 18.7. The largest absolute Gasteiger partial charge is 0.444 e. The van der Waals surface area contributed by atoms with Gasteiger partial charge in [0.25, 0.3) is 0 Å². The van der Waals surface area contributed by atoms with Crippen LogP contribution in [0.2, 0.25) is 0 Å². The first kappa shape index (κ1) is 23.2. The van der Waals surface area contributed by atoms with Gasteiger partial charge in [0.15, 0.2) is 0 Å². The fraction of sp³-hybridized carbons (Fsp3) is 0.773. The maximum Gasteiger partial charge on any atom is 0.411 e. The molecule has 0 aromatic heterocycles. The lowest BCUT2D eigenvalue weighted by molar-refractivity contribution is -0.140. The Kier molecular flexibility index (Phi) is 7.01. The van der Waals surface area contributed by atoms with Gasteiger partial charge in [-0.2, -0.15) is 0 Å². The topological polar surface area (TPSA) is 79.0 Å². The highest BCUT2D eigenvalue weighted by Gasteiger charge is 2.51. The molecule has 2 rings (SSSR count). The summed E-state index contributed by atoms with van der Waals surface area (Å²) in [4.78, 5) is 42.2. The van der Waals surface area contributed by atoms with Gasteiger partial charge in [-0.3, -0.25) is 14.5 Å². The smallest absolute Gasteiger partial charge is 0.411 e. The summed E-state index contributed by atoms with van der Waals surface area (Å²) in [6.45, 7) is 10.0. The molecule has 1 saturated carbocycles. The monoisotopic (exact) mass is 407 g/mol. The summed E-state index contributed by atoms with van der Waals surface area (Å²) in [6, 6.07) is 0. The van der Waals surface area contributed by atoms with Crippen LogP contribution in [0.4, 0.5) is 4.79 Å². The maximum atomic E-state index is 13.4. The van der Waals surface area contributed by atoms with E-state index in [1.54, 1.807) is 30.0 Å². The molecule has 0 unspecified atom stereocenters. The van der Waals surface area contributed by atoms with E-state index in [4.69, 9.17) is 4.74 Å². The van der Waals surface area contributed by atoms with Crippen molar-refractivity contribution in [1.29, 1.82) is 0 Å². The Morgan fingerprint density at radius 3 is 2.28 bits per heavy atom. The third kappa shape index (κ3) is 4.93. The van der Waals surface area contributed by atoms with E-state index in [0.717, 1.165) is 32.1 Å². The SMILES string of the molecule is C=CC[C@@]1(C(=O)NCC2(C(=O)N(C)C)CCCC2)CCCN1C(=O)OC(C)(C)C. The van der Waals surface area contributed by atoms with Gasteiger partial charge in [0.2, 0.25) is 11.8 Å². The highest BCUT2D eigenvalue weighted by molar-refractivity contribution is 5.91. The van der Waals surface area contributed by atoms with Crippen LogP contribution < -0.4 is 5.32 Å². The van der Waals surface area contributed by atoms with E-state index in [2.05, 4.69) is 11.9 Å². The first-order chi connectivity index (χ1) is 13.5. The minimum absolute atomic E-state index is 0.0588. The molecule has 7 heteroatoms. The van der Waals surface area contributed by atoms with E-state index < -0.39 is 22.6 Å². The summed E-state index contributed by atoms with van der Waals surface area (Å²) >= 11 is 0. The van der Waals surface area contributed by atoms with Gasteiger partial charge in [-0.15, -0.1) is 6.58 Å². The number of likely N-dealkylation sites (tertiary alicyclic amines) is 1. The molecule has 1 aliphatic heterocycles. The van der Waals surface area contributed by atoms with Crippen molar-refractivity contribution in [2.24, 2.45) is 5.41 Å². The van der Waals surface area contributed by atoms with E-state index >= 15 is 0 Å². The van der Waals surface area contributed by atoms with Crippen LogP contribution in [0, 0.1) is 5.41 Å². The van der Waals surface area contributed by atoms with Gasteiger partial charge in [0, 0.05) is 27.2 Å². The molecule has 1 saturated heterocycles. The van der Waals surface area contributed by atoms with Crippen molar-refractivity contribution in [3.05, 3.63) is 12.7 Å². The van der Waals surface area contributed by atoms with E-state index in [1.165, 1.54) is 0 Å². The molecule has 0 aromatic carbocycles. The van der Waals surface area contributed by atoms with Crippen LogP contribution in [-0.2, 0) is 14.3 Å². The minimum Gasteiger partial charge on any atom is -0.444 e. The third-order valence-corrected chi connectivity index (χ3v) is 6.02. The van der Waals surface area contributed by atoms with E-state index in [9.17, 15) is 14.4 Å². The van der Waals surface area contributed by atoms with Crippen LogP contribution >= 0.6 is 0 Å². The number of hydrogen-bond acceptors (Lipinski definition) is 4. The van der Waals surface area contributed by atoms with Crippen LogP contribution in [0.15, 0.2) is 12.7 Å². The summed E-state index contributed by atoms with van der Waals surface area (Å²) in [7, 11) is 3.51. The summed E-state index contributed by atoms with van der Waals surface area (Å²) in [6.07, 6.45) is 6.34. The van der Waals surface area contributed by atoms with Gasteiger partial charge in [-0.1, -0.05) is 18.9 Å². The van der Waals surface area contributed by atoms with Gasteiger partial charge >= 0.3 is 6.09 Å². The zero-order valence-electron chi connectivity index (χ0n) is 18.7. The quantitative estimate of drug-likeness (QED) is 0.686. The second-order valence-electron chi connectivity index (χ2n) is 9.63. The van der Waals surface area contributed by atoms with Crippen molar-refractivity contribution in [3.8, 4) is 0 Å². The normalized spacial score (nSPS) is 23.6. The molecule has 1 atom stereocenters. The lowest BCUT2D eigenvalue weighted by Crippen LogP contribution is -2.59. The molecular weight excluding hydrogens is 370 g/mol. The summed E-state index contributed by atoms with van der Waals surface area (Å²) < 4.78 is 5.55. The number of rotatable bonds is 6. The predicted octanol–water partition coefficient (Wildman–Crippen LogP) is 3.10. The first-order valence-electron chi connectivity index (χ1n) is 10.6. The van der Waals surface area contributed by atoms with E-state index in [-0.39, 0.29) is 11.8 Å². The summed E-state index contributed by atoms with van der Waals surface area (Å²) in [5.41, 5.74) is -2.20. The number of nitrogens with zero attached hydrogens (tertiary/aromatic N) is 2. The molecule has 164 valence electrons. The zero-order chi connectivity index (χ0) is 21.9. The molecule has 7 nitrogen and oxygen atoms in total. The molecular formula is C22H37N3O4. The molecule has 0 aromatic rings. The van der Waals surface area contributed by atoms with Crippen molar-refractivity contribution in [3.63, 3.8) is 0 Å². The van der Waals surface area contributed by atoms with Crippen LogP contribution in [0.3, 0.4) is 0 Å². The molecule has 2 aliphatic rings. The van der Waals surface area contributed by atoms with Crippen molar-refractivity contribution in [2.75, 3.05) is 27.2 Å². The van der Waals surface area contributed by atoms with Crippen LogP contribution in [-0.4, -0.2) is 66.0 Å². The Morgan fingerprint density at radius 1 is 1.14 bits per heavy atom. The van der Waals surface area contributed by atoms with Gasteiger partial charge in [0.05, 0.1) is 5.41 Å². The second kappa shape index (κ2) is 8.76. The van der Waals surface area contributed by atoms with E-state index in [0.29, 0.717) is 25.9 Å². The van der Waals surface area contributed by atoms with Crippen molar-refractivity contribution >= 4 is 17.9 Å². The lowest BCUT2D eigenvalue weighted by Gasteiger charge is -2.38. The van der Waals surface area contributed by atoms with E-state index in [1.807, 2.05) is 20.8 Å². The first-order valence-corrected chi connectivity index (χ1v) is 10.6. The van der Waals surface area contributed by atoms with Crippen molar-refractivity contribution in [1.82, 2.24) is 15.1 Å². The summed E-state index contributed by atoms with van der Waals surface area (Å²) in [5.74, 6) is -0.165. The molecule has 3 amide bonds. The van der Waals surface area contributed by atoms with Crippen LogP contribution in [0.25, 0.3) is 0 Å². The Balaban J connectivity index is 2.20. The molecule has 2 fully saturated rings. The number of carbonyl (C=O) groups is 3. The predicted molar refractivity (Wildman–Crippen MR) is 112 cm³/mol. The molecule has 1 heterocycles. The number of nitrogens with one attached hydrogen (secondary N) is 1. The lowest BCUT2D eigenvalue weighted by atomic mass is 9.83. The van der Waals surface area contributed by atoms with Crippen LogP contribution in [0.5, 0.6) is 0 Å². The third-order valence-electron chi connectivity index (χ3n) is 6.02. The highest BCUT2D eigenvalue weighted by Crippen LogP contribution is 2.40. The highest BCUT2D eigenvalue weighted by atomic mass is 16.6. The average Bonchev–Trinajstić information content (AvgIpc) is 3.26. The molecule has 0 bridgehead atoms. The molecule has 0 spiro atoms. The average molecular weight is 408 g/mol. The fourth-order valence-electron chi connectivity index (χ4n) is 4.65. The molecule has 29 heavy (non-hydrogen) atoms. The Morgan fingerprint density at radius 2 is 1.76 bits per heavy atom. The Labute approximate surface area is 174 Å². The standard InChI is InChI=1S/C22H37N3O4/c1-7-11-22(14-10-15-25(22)19(28)29-20(2,3)4)17(26)23-16-21(12-8-9-13-21)18(27)24(5)6/h7H,1,8-16H2,2-6H3,(H,23,26)/t22-/m0/s1. The molecule has 1 N–H and O–H groups in total. The van der Waals surface area contributed by atoms with Gasteiger partial charge < -0.3 is 15.0 Å². The van der Waals surface area contributed by atoms with Crippen molar-refractivity contribution in [2.45, 2.75) is 76.9 Å². The Hall–Kier alpha value is -2.05. The van der Waals surface area contributed by atoms with Crippen molar-refractivity contribution < 1.29 is 19.1 Å². The fourth-order valence-corrected chi connectivity index (χ4v) is 4.65. The number of ether oxygens (including phenoxy) is 1. The second-order valence-corrected chi connectivity index (χ2v) is 9.63. The van der Waals surface area contributed by atoms with Gasteiger partial charge in [-0.05, 0) is 52.9 Å².